The quantitative estimate of drug-likeness (QED) is 0.636. The first-order valence-corrected chi connectivity index (χ1v) is 7.70. The fourth-order valence-corrected chi connectivity index (χ4v) is 2.42. The summed E-state index contributed by atoms with van der Waals surface area (Å²) in [5, 5.41) is 6.55. The van der Waals surface area contributed by atoms with Crippen LogP contribution in [0.25, 0.3) is 0 Å². The Hall–Kier alpha value is -1.59. The van der Waals surface area contributed by atoms with Gasteiger partial charge in [0.25, 0.3) is 0 Å². The van der Waals surface area contributed by atoms with Crippen LogP contribution in [0, 0.1) is 12.7 Å². The van der Waals surface area contributed by atoms with E-state index >= 15 is 0 Å². The second-order valence-corrected chi connectivity index (χ2v) is 5.51. The van der Waals surface area contributed by atoms with Gasteiger partial charge in [0.05, 0.1) is 0 Å². The number of hydrogen-bond donors (Lipinski definition) is 2. The van der Waals surface area contributed by atoms with Crippen LogP contribution in [0.5, 0.6) is 0 Å². The predicted octanol–water partition coefficient (Wildman–Crippen LogP) is 4.66. The van der Waals surface area contributed by atoms with Gasteiger partial charge in [-0.05, 0) is 55.7 Å². The summed E-state index contributed by atoms with van der Waals surface area (Å²) in [6.07, 6.45) is 2.02. The predicted molar refractivity (Wildman–Crippen MR) is 89.2 cm³/mol. The van der Waals surface area contributed by atoms with E-state index in [1.165, 1.54) is 6.07 Å². The zero-order chi connectivity index (χ0) is 14.5. The van der Waals surface area contributed by atoms with Crippen molar-refractivity contribution < 1.29 is 4.39 Å². The number of nitrogens with one attached hydrogen (secondary N) is 2. The van der Waals surface area contributed by atoms with Crippen molar-refractivity contribution in [3.05, 3.63) is 53.8 Å². The van der Waals surface area contributed by atoms with Crippen molar-refractivity contribution in [2.75, 3.05) is 16.9 Å². The smallest absolute Gasteiger partial charge is 0.175 e. The molecule has 0 aliphatic rings. The lowest BCUT2D eigenvalue weighted by molar-refractivity contribution is 0.619. The zero-order valence-corrected chi connectivity index (χ0v) is 12.9. The minimum absolute atomic E-state index is 0.248. The topological polar surface area (TPSA) is 24.1 Å². The molecule has 2 rings (SSSR count). The first kappa shape index (κ1) is 14.8. The van der Waals surface area contributed by atoms with Crippen LogP contribution in [0.3, 0.4) is 0 Å². The third-order valence-electron chi connectivity index (χ3n) is 2.84. The fourth-order valence-electron chi connectivity index (χ4n) is 1.73. The van der Waals surface area contributed by atoms with Crippen LogP contribution in [0.15, 0.2) is 47.4 Å². The Morgan fingerprint density at radius 3 is 2.65 bits per heavy atom. The van der Waals surface area contributed by atoms with Gasteiger partial charge in [0, 0.05) is 21.8 Å². The number of halogens is 1. The molecule has 0 amide bonds. The maximum Gasteiger partial charge on any atom is 0.175 e. The number of thiocarbonyl (C=S) groups is 1. The highest BCUT2D eigenvalue weighted by atomic mass is 32.2. The molecule has 0 aliphatic heterocycles. The molecule has 0 spiro atoms. The summed E-state index contributed by atoms with van der Waals surface area (Å²) in [5.74, 6) is -0.248. The number of anilines is 2. The van der Waals surface area contributed by atoms with E-state index in [2.05, 4.69) is 10.6 Å². The van der Waals surface area contributed by atoms with Gasteiger partial charge in [0.1, 0.15) is 5.82 Å². The van der Waals surface area contributed by atoms with E-state index in [0.29, 0.717) is 16.4 Å². The van der Waals surface area contributed by atoms with Gasteiger partial charge < -0.3 is 10.6 Å². The normalized spacial score (nSPS) is 10.2. The van der Waals surface area contributed by atoms with Crippen LogP contribution in [-0.2, 0) is 0 Å². The molecule has 0 unspecified atom stereocenters. The minimum atomic E-state index is -0.248. The fraction of sp³-hybridized carbons (Fsp3) is 0.133. The van der Waals surface area contributed by atoms with Gasteiger partial charge in [-0.2, -0.15) is 0 Å². The molecule has 104 valence electrons. The number of hydrogen-bond acceptors (Lipinski definition) is 2. The first-order chi connectivity index (χ1) is 9.60. The van der Waals surface area contributed by atoms with Crippen molar-refractivity contribution in [2.45, 2.75) is 11.8 Å². The van der Waals surface area contributed by atoms with Crippen molar-refractivity contribution in [3.63, 3.8) is 0 Å². The average molecular weight is 306 g/mol. The van der Waals surface area contributed by atoms with Gasteiger partial charge in [-0.1, -0.05) is 12.1 Å². The Kier molecular flexibility index (Phi) is 4.98. The van der Waals surface area contributed by atoms with E-state index in [-0.39, 0.29) is 5.82 Å². The summed E-state index contributed by atoms with van der Waals surface area (Å²) in [7, 11) is 0. The van der Waals surface area contributed by atoms with Gasteiger partial charge in [0.15, 0.2) is 5.11 Å². The van der Waals surface area contributed by atoms with Crippen molar-refractivity contribution in [1.29, 1.82) is 0 Å². The van der Waals surface area contributed by atoms with Crippen LogP contribution < -0.4 is 10.6 Å². The van der Waals surface area contributed by atoms with Crippen LogP contribution in [-0.4, -0.2) is 11.4 Å². The van der Waals surface area contributed by atoms with Crippen molar-refractivity contribution in [3.8, 4) is 0 Å². The summed E-state index contributed by atoms with van der Waals surface area (Å²) >= 11 is 6.91. The highest BCUT2D eigenvalue weighted by molar-refractivity contribution is 7.98. The molecular weight excluding hydrogens is 291 g/mol. The maximum absolute atomic E-state index is 13.4. The van der Waals surface area contributed by atoms with Crippen molar-refractivity contribution in [2.24, 2.45) is 0 Å². The standard InChI is InChI=1S/C15H15FN2S2/c1-10-13(16)7-4-8-14(10)18-15(19)17-11-5-3-6-12(9-11)20-2/h3-9H,1-2H3,(H2,17,18,19). The SMILES string of the molecule is CSc1cccc(NC(=S)Nc2cccc(F)c2C)c1. The molecule has 0 saturated heterocycles. The maximum atomic E-state index is 13.4. The molecule has 20 heavy (non-hydrogen) atoms. The Bertz CT molecular complexity index is 629. The van der Waals surface area contributed by atoms with E-state index < -0.39 is 0 Å². The molecule has 2 N–H and O–H groups in total. The summed E-state index contributed by atoms with van der Waals surface area (Å²) in [6, 6.07) is 12.8. The lowest BCUT2D eigenvalue weighted by atomic mass is 10.2. The molecule has 2 aromatic carbocycles. The van der Waals surface area contributed by atoms with Gasteiger partial charge in [0.2, 0.25) is 0 Å². The molecule has 0 aliphatic carbocycles. The van der Waals surface area contributed by atoms with Crippen LogP contribution in [0.2, 0.25) is 0 Å². The number of thioether (sulfide) groups is 1. The highest BCUT2D eigenvalue weighted by Crippen LogP contribution is 2.20. The molecule has 0 fully saturated rings. The molecule has 2 aromatic rings. The molecule has 0 heterocycles. The molecule has 0 bridgehead atoms. The Morgan fingerprint density at radius 1 is 1.15 bits per heavy atom. The number of rotatable bonds is 3. The second kappa shape index (κ2) is 6.72. The van der Waals surface area contributed by atoms with Crippen LogP contribution in [0.4, 0.5) is 15.8 Å². The Balaban J connectivity index is 2.07. The average Bonchev–Trinajstić information content (AvgIpc) is 2.44. The van der Waals surface area contributed by atoms with E-state index in [9.17, 15) is 4.39 Å². The molecule has 2 nitrogen and oxygen atoms in total. The number of benzene rings is 2. The van der Waals surface area contributed by atoms with Gasteiger partial charge in [-0.3, -0.25) is 0 Å². The van der Waals surface area contributed by atoms with Gasteiger partial charge >= 0.3 is 0 Å². The van der Waals surface area contributed by atoms with Crippen molar-refractivity contribution in [1.82, 2.24) is 0 Å². The van der Waals surface area contributed by atoms with E-state index in [1.807, 2.05) is 30.5 Å². The van der Waals surface area contributed by atoms with Crippen LogP contribution >= 0.6 is 24.0 Å². The lowest BCUT2D eigenvalue weighted by Crippen LogP contribution is -2.19. The molecule has 0 saturated carbocycles. The van der Waals surface area contributed by atoms with Gasteiger partial charge in [-0.15, -0.1) is 11.8 Å². The molecular formula is C15H15FN2S2. The van der Waals surface area contributed by atoms with Crippen molar-refractivity contribution >= 4 is 40.5 Å². The molecule has 0 aromatic heterocycles. The van der Waals surface area contributed by atoms with E-state index in [0.717, 1.165) is 10.6 Å². The van der Waals surface area contributed by atoms with Gasteiger partial charge in [-0.25, -0.2) is 4.39 Å². The highest BCUT2D eigenvalue weighted by Gasteiger charge is 2.05. The Labute approximate surface area is 127 Å². The van der Waals surface area contributed by atoms with Crippen LogP contribution in [0.1, 0.15) is 5.56 Å². The van der Waals surface area contributed by atoms with E-state index in [1.54, 1.807) is 30.8 Å². The third-order valence-corrected chi connectivity index (χ3v) is 3.77. The molecule has 0 atom stereocenters. The third kappa shape index (κ3) is 3.71. The molecule has 0 radical (unpaired) electrons. The molecule has 5 heteroatoms. The summed E-state index contributed by atoms with van der Waals surface area (Å²) < 4.78 is 13.4. The van der Waals surface area contributed by atoms with E-state index in [4.69, 9.17) is 12.2 Å². The summed E-state index contributed by atoms with van der Waals surface area (Å²) in [6.45, 7) is 1.72. The zero-order valence-electron chi connectivity index (χ0n) is 11.2. The minimum Gasteiger partial charge on any atom is -0.332 e. The largest absolute Gasteiger partial charge is 0.332 e. The lowest BCUT2D eigenvalue weighted by Gasteiger charge is -2.13. The monoisotopic (exact) mass is 306 g/mol. The Morgan fingerprint density at radius 2 is 1.90 bits per heavy atom. The summed E-state index contributed by atoms with van der Waals surface area (Å²) in [4.78, 5) is 1.15. The summed E-state index contributed by atoms with van der Waals surface area (Å²) in [5.41, 5.74) is 2.13. The first-order valence-electron chi connectivity index (χ1n) is 6.07. The second-order valence-electron chi connectivity index (χ2n) is 4.22.